The molecule has 7 nitrogen and oxygen atoms in total. The molecule has 0 aliphatic carbocycles. The zero-order valence-corrected chi connectivity index (χ0v) is 16.8. The second-order valence-electron chi connectivity index (χ2n) is 6.99. The number of nitrogens with one attached hydrogen (secondary N) is 1. The predicted molar refractivity (Wildman–Crippen MR) is 114 cm³/mol. The normalized spacial score (nSPS) is 15.3. The van der Waals surface area contributed by atoms with E-state index in [4.69, 9.17) is 16.6 Å². The average molecular weight is 410 g/mol. The van der Waals surface area contributed by atoms with E-state index >= 15 is 0 Å². The van der Waals surface area contributed by atoms with Crippen LogP contribution in [0.4, 0.5) is 5.69 Å². The fraction of sp³-hybridized carbons (Fsp3) is 0.286. The van der Waals surface area contributed by atoms with Crippen LogP contribution in [0.3, 0.4) is 0 Å². The van der Waals surface area contributed by atoms with Gasteiger partial charge in [0.2, 0.25) is 11.8 Å². The number of benzene rings is 2. The van der Waals surface area contributed by atoms with Crippen LogP contribution in [-0.2, 0) is 11.5 Å². The van der Waals surface area contributed by atoms with Gasteiger partial charge in [0.15, 0.2) is 0 Å². The minimum atomic E-state index is 0.0101. The van der Waals surface area contributed by atoms with Crippen molar-refractivity contribution < 1.29 is 9.21 Å². The largest absolute Gasteiger partial charge is 0.409 e. The Morgan fingerprint density at radius 2 is 1.59 bits per heavy atom. The van der Waals surface area contributed by atoms with Crippen molar-refractivity contribution in [3.8, 4) is 11.5 Å². The molecular formula is C21H23N5O2S. The summed E-state index contributed by atoms with van der Waals surface area (Å²) >= 11 is 5.33. The van der Waals surface area contributed by atoms with Crippen molar-refractivity contribution in [2.75, 3.05) is 38.0 Å². The zero-order chi connectivity index (χ0) is 20.1. The summed E-state index contributed by atoms with van der Waals surface area (Å²) in [4.78, 5) is 17.0. The Hall–Kier alpha value is -2.81. The summed E-state index contributed by atoms with van der Waals surface area (Å²) in [6.07, 6.45) is 0. The number of para-hydroxylation sites is 1. The van der Waals surface area contributed by atoms with Gasteiger partial charge in [0, 0.05) is 37.4 Å². The smallest absolute Gasteiger partial charge is 0.288 e. The van der Waals surface area contributed by atoms with Gasteiger partial charge in [-0.05, 0) is 36.5 Å². The summed E-state index contributed by atoms with van der Waals surface area (Å²) < 4.78 is 7.37. The zero-order valence-electron chi connectivity index (χ0n) is 16.0. The minimum absolute atomic E-state index is 0.0101. The van der Waals surface area contributed by atoms with E-state index in [0.29, 0.717) is 23.9 Å². The van der Waals surface area contributed by atoms with Gasteiger partial charge in [-0.3, -0.25) is 14.6 Å². The minimum Gasteiger partial charge on any atom is -0.409 e. The molecular weight excluding hydrogens is 386 g/mol. The molecule has 0 saturated carbocycles. The van der Waals surface area contributed by atoms with Crippen molar-refractivity contribution in [2.24, 2.45) is 0 Å². The standard InChI is InChI=1S/C21H23N5O2S/c27-19(22-18-9-5-2-6-10-18)15-24-11-13-25(14-12-24)16-26-21(29)28-20(23-26)17-7-3-1-4-8-17/h1-10H,11-16H2,(H,22,27). The number of carbonyl (C=O) groups excluding carboxylic acids is 1. The number of hydrogen-bond donors (Lipinski definition) is 1. The molecule has 1 aliphatic rings. The SMILES string of the molecule is O=C(CN1CCN(Cn2nc(-c3ccccc3)oc2=S)CC1)Nc1ccccc1. The van der Waals surface area contributed by atoms with Crippen LogP contribution in [0.25, 0.3) is 11.5 Å². The summed E-state index contributed by atoms with van der Waals surface area (Å²) in [5, 5.41) is 7.45. The van der Waals surface area contributed by atoms with E-state index in [9.17, 15) is 4.79 Å². The molecule has 8 heteroatoms. The van der Waals surface area contributed by atoms with Gasteiger partial charge >= 0.3 is 0 Å². The van der Waals surface area contributed by atoms with Crippen LogP contribution < -0.4 is 5.32 Å². The van der Waals surface area contributed by atoms with E-state index in [0.717, 1.165) is 37.4 Å². The first kappa shape index (κ1) is 19.5. The van der Waals surface area contributed by atoms with E-state index in [1.807, 2.05) is 60.7 Å². The number of piperazine rings is 1. The topological polar surface area (TPSA) is 66.5 Å². The van der Waals surface area contributed by atoms with Crippen LogP contribution in [0.1, 0.15) is 0 Å². The molecule has 1 saturated heterocycles. The van der Waals surface area contributed by atoms with Gasteiger partial charge in [-0.1, -0.05) is 36.4 Å². The van der Waals surface area contributed by atoms with Gasteiger partial charge in [0.05, 0.1) is 13.2 Å². The van der Waals surface area contributed by atoms with Gasteiger partial charge in [-0.15, -0.1) is 5.10 Å². The molecule has 0 radical (unpaired) electrons. The molecule has 2 aromatic carbocycles. The first-order chi connectivity index (χ1) is 14.2. The van der Waals surface area contributed by atoms with Gasteiger partial charge in [-0.2, -0.15) is 0 Å². The van der Waals surface area contributed by atoms with E-state index in [-0.39, 0.29) is 5.91 Å². The van der Waals surface area contributed by atoms with Crippen LogP contribution in [0, 0.1) is 4.84 Å². The summed E-state index contributed by atoms with van der Waals surface area (Å²) in [5.41, 5.74) is 1.73. The van der Waals surface area contributed by atoms with E-state index in [1.54, 1.807) is 4.68 Å². The monoisotopic (exact) mass is 409 g/mol. The summed E-state index contributed by atoms with van der Waals surface area (Å²) in [7, 11) is 0. The lowest BCUT2D eigenvalue weighted by molar-refractivity contribution is -0.117. The molecule has 150 valence electrons. The number of rotatable bonds is 6. The average Bonchev–Trinajstić information content (AvgIpc) is 3.11. The number of aromatic nitrogens is 2. The Bertz CT molecular complexity index is 995. The van der Waals surface area contributed by atoms with Crippen LogP contribution in [0.15, 0.2) is 65.1 Å². The number of anilines is 1. The molecule has 1 aliphatic heterocycles. The Labute approximate surface area is 174 Å². The maximum Gasteiger partial charge on any atom is 0.288 e. The fourth-order valence-corrected chi connectivity index (χ4v) is 3.47. The van der Waals surface area contributed by atoms with Crippen molar-refractivity contribution in [3.63, 3.8) is 0 Å². The molecule has 4 rings (SSSR count). The molecule has 0 atom stereocenters. The van der Waals surface area contributed by atoms with Crippen molar-refractivity contribution in [1.82, 2.24) is 19.6 Å². The second kappa shape index (κ2) is 9.13. The Morgan fingerprint density at radius 3 is 2.28 bits per heavy atom. The number of hydrogen-bond acceptors (Lipinski definition) is 6. The maximum absolute atomic E-state index is 12.2. The number of nitrogens with zero attached hydrogens (tertiary/aromatic N) is 4. The lowest BCUT2D eigenvalue weighted by atomic mass is 10.2. The van der Waals surface area contributed by atoms with Gasteiger partial charge in [0.1, 0.15) is 0 Å². The van der Waals surface area contributed by atoms with E-state index in [2.05, 4.69) is 20.2 Å². The Balaban J connectivity index is 1.28. The summed E-state index contributed by atoms with van der Waals surface area (Å²) in [6.45, 7) is 4.29. The van der Waals surface area contributed by atoms with Crippen molar-refractivity contribution in [1.29, 1.82) is 0 Å². The summed E-state index contributed by atoms with van der Waals surface area (Å²) in [5.74, 6) is 0.544. The number of carbonyl (C=O) groups is 1. The Morgan fingerprint density at radius 1 is 0.966 bits per heavy atom. The second-order valence-corrected chi connectivity index (χ2v) is 7.34. The van der Waals surface area contributed by atoms with Gasteiger partial charge < -0.3 is 9.73 Å². The molecule has 0 spiro atoms. The molecule has 1 aromatic heterocycles. The first-order valence-electron chi connectivity index (χ1n) is 9.60. The Kier molecular flexibility index (Phi) is 6.14. The van der Waals surface area contributed by atoms with Crippen LogP contribution in [0.2, 0.25) is 0 Å². The lowest BCUT2D eigenvalue weighted by Gasteiger charge is -2.33. The molecule has 1 N–H and O–H groups in total. The third kappa shape index (κ3) is 5.17. The molecule has 1 amide bonds. The number of amides is 1. The van der Waals surface area contributed by atoms with Crippen molar-refractivity contribution in [2.45, 2.75) is 6.67 Å². The molecule has 29 heavy (non-hydrogen) atoms. The van der Waals surface area contributed by atoms with Gasteiger partial charge in [0.25, 0.3) is 4.84 Å². The molecule has 2 heterocycles. The van der Waals surface area contributed by atoms with Crippen molar-refractivity contribution >= 4 is 23.8 Å². The van der Waals surface area contributed by atoms with Gasteiger partial charge in [-0.25, -0.2) is 4.68 Å². The fourth-order valence-electron chi connectivity index (χ4n) is 3.30. The highest BCUT2D eigenvalue weighted by atomic mass is 32.1. The van der Waals surface area contributed by atoms with Crippen LogP contribution >= 0.6 is 12.2 Å². The highest BCUT2D eigenvalue weighted by Gasteiger charge is 2.20. The quantitative estimate of drug-likeness (QED) is 0.631. The van der Waals surface area contributed by atoms with E-state index < -0.39 is 0 Å². The first-order valence-corrected chi connectivity index (χ1v) is 10.0. The van der Waals surface area contributed by atoms with E-state index in [1.165, 1.54) is 0 Å². The highest BCUT2D eigenvalue weighted by molar-refractivity contribution is 7.71. The van der Waals surface area contributed by atoms with Crippen LogP contribution in [0.5, 0.6) is 0 Å². The van der Waals surface area contributed by atoms with Crippen molar-refractivity contribution in [3.05, 3.63) is 65.5 Å². The molecule has 3 aromatic rings. The summed E-state index contributed by atoms with van der Waals surface area (Å²) in [6, 6.07) is 19.3. The third-order valence-electron chi connectivity index (χ3n) is 4.85. The third-order valence-corrected chi connectivity index (χ3v) is 5.14. The maximum atomic E-state index is 12.2. The highest BCUT2D eigenvalue weighted by Crippen LogP contribution is 2.17. The predicted octanol–water partition coefficient (Wildman–Crippen LogP) is 3.09. The molecule has 0 bridgehead atoms. The molecule has 1 fully saturated rings. The lowest BCUT2D eigenvalue weighted by Crippen LogP contribution is -2.48. The van der Waals surface area contributed by atoms with Crippen LogP contribution in [-0.4, -0.2) is 58.2 Å². The molecule has 0 unspecified atom stereocenters.